The van der Waals surface area contributed by atoms with Gasteiger partial charge in [0, 0.05) is 31.4 Å². The quantitative estimate of drug-likeness (QED) is 0.845. The first kappa shape index (κ1) is 17.1. The molecule has 1 aromatic carbocycles. The van der Waals surface area contributed by atoms with Gasteiger partial charge >= 0.3 is 0 Å². The van der Waals surface area contributed by atoms with Gasteiger partial charge in [0.15, 0.2) is 0 Å². The van der Waals surface area contributed by atoms with Gasteiger partial charge in [0.05, 0.1) is 5.52 Å². The van der Waals surface area contributed by atoms with Crippen LogP contribution in [0.15, 0.2) is 24.3 Å². The molecule has 0 unspecified atom stereocenters. The number of para-hydroxylation sites is 1. The molecule has 2 N–H and O–H groups in total. The third-order valence-corrected chi connectivity index (χ3v) is 4.97. The molecule has 130 valence electrons. The summed E-state index contributed by atoms with van der Waals surface area (Å²) in [4.78, 5) is 14.5. The summed E-state index contributed by atoms with van der Waals surface area (Å²) in [6.45, 7) is 10.6. The molecule has 0 bridgehead atoms. The van der Waals surface area contributed by atoms with Gasteiger partial charge in [-0.05, 0) is 51.0 Å². The molecule has 0 aliphatic carbocycles. The Balaban J connectivity index is 1.89. The van der Waals surface area contributed by atoms with Crippen molar-refractivity contribution in [1.29, 1.82) is 0 Å². The van der Waals surface area contributed by atoms with E-state index in [4.69, 9.17) is 10.7 Å². The molecular formula is C19H29N5. The highest BCUT2D eigenvalue weighted by molar-refractivity contribution is 5.89. The van der Waals surface area contributed by atoms with Crippen LogP contribution < -0.4 is 10.6 Å². The second-order valence-corrected chi connectivity index (χ2v) is 6.61. The molecule has 5 heteroatoms. The number of nitrogens with zero attached hydrogens (tertiary/aromatic N) is 4. The van der Waals surface area contributed by atoms with E-state index in [9.17, 15) is 0 Å². The average Bonchev–Trinajstić information content (AvgIpc) is 3.07. The van der Waals surface area contributed by atoms with Gasteiger partial charge in [-0.1, -0.05) is 19.1 Å². The highest BCUT2D eigenvalue weighted by atomic mass is 15.2. The Morgan fingerprint density at radius 3 is 2.79 bits per heavy atom. The van der Waals surface area contributed by atoms with Crippen molar-refractivity contribution in [2.24, 2.45) is 11.7 Å². The van der Waals surface area contributed by atoms with Gasteiger partial charge in [0.2, 0.25) is 0 Å². The summed E-state index contributed by atoms with van der Waals surface area (Å²) in [7, 11) is 0. The van der Waals surface area contributed by atoms with Gasteiger partial charge in [-0.2, -0.15) is 0 Å². The third kappa shape index (κ3) is 3.68. The zero-order chi connectivity index (χ0) is 16.9. The third-order valence-electron chi connectivity index (χ3n) is 4.97. The van der Waals surface area contributed by atoms with Crippen molar-refractivity contribution in [2.45, 2.75) is 26.7 Å². The molecule has 1 aromatic heterocycles. The molecule has 1 saturated heterocycles. The monoisotopic (exact) mass is 327 g/mol. The van der Waals surface area contributed by atoms with E-state index in [2.05, 4.69) is 46.8 Å². The fraction of sp³-hybridized carbons (Fsp3) is 0.579. The van der Waals surface area contributed by atoms with Gasteiger partial charge in [0.1, 0.15) is 11.6 Å². The van der Waals surface area contributed by atoms with Crippen LogP contribution >= 0.6 is 0 Å². The predicted octanol–water partition coefficient (Wildman–Crippen LogP) is 2.30. The number of fused-ring (bicyclic) bond motifs is 1. The normalized spacial score (nSPS) is 18.4. The molecule has 3 rings (SSSR count). The summed E-state index contributed by atoms with van der Waals surface area (Å²) < 4.78 is 0. The van der Waals surface area contributed by atoms with Crippen LogP contribution in [0.25, 0.3) is 10.9 Å². The standard InChI is InChI=1S/C19H29N5/c1-3-23-12-10-15(13-23)14-24(4-2)19-16-7-5-6-8-17(16)21-18(22-19)9-11-20/h5-8,15H,3-4,9-14,20H2,1-2H3/t15-/m1/s1. The first-order valence-electron chi connectivity index (χ1n) is 9.18. The summed E-state index contributed by atoms with van der Waals surface area (Å²) in [6, 6.07) is 8.31. The molecule has 0 saturated carbocycles. The predicted molar refractivity (Wildman–Crippen MR) is 100 cm³/mol. The maximum Gasteiger partial charge on any atom is 0.140 e. The van der Waals surface area contributed by atoms with Crippen LogP contribution in [0.5, 0.6) is 0 Å². The summed E-state index contributed by atoms with van der Waals surface area (Å²) in [5.74, 6) is 2.64. The van der Waals surface area contributed by atoms with Gasteiger partial charge in [-0.25, -0.2) is 9.97 Å². The van der Waals surface area contributed by atoms with E-state index in [0.717, 1.165) is 54.5 Å². The highest BCUT2D eigenvalue weighted by Crippen LogP contribution is 2.26. The fourth-order valence-corrected chi connectivity index (χ4v) is 3.61. The van der Waals surface area contributed by atoms with E-state index >= 15 is 0 Å². The number of hydrogen-bond donors (Lipinski definition) is 1. The Morgan fingerprint density at radius 1 is 1.25 bits per heavy atom. The maximum atomic E-state index is 5.73. The van der Waals surface area contributed by atoms with E-state index < -0.39 is 0 Å². The highest BCUT2D eigenvalue weighted by Gasteiger charge is 2.24. The molecular weight excluding hydrogens is 298 g/mol. The molecule has 0 amide bonds. The summed E-state index contributed by atoms with van der Waals surface area (Å²) in [5, 5.41) is 1.14. The Kier molecular flexibility index (Phi) is 5.63. The van der Waals surface area contributed by atoms with Crippen molar-refractivity contribution < 1.29 is 0 Å². The van der Waals surface area contributed by atoms with Crippen LogP contribution in [-0.2, 0) is 6.42 Å². The van der Waals surface area contributed by atoms with Crippen LogP contribution in [0, 0.1) is 5.92 Å². The first-order chi connectivity index (χ1) is 11.7. The number of nitrogens with two attached hydrogens (primary N) is 1. The molecule has 1 aliphatic rings. The van der Waals surface area contributed by atoms with Gasteiger partial charge in [0.25, 0.3) is 0 Å². The van der Waals surface area contributed by atoms with Crippen LogP contribution in [0.4, 0.5) is 5.82 Å². The number of aromatic nitrogens is 2. The van der Waals surface area contributed by atoms with Crippen molar-refractivity contribution in [3.8, 4) is 0 Å². The largest absolute Gasteiger partial charge is 0.356 e. The fourth-order valence-electron chi connectivity index (χ4n) is 3.61. The lowest BCUT2D eigenvalue weighted by atomic mass is 10.1. The van der Waals surface area contributed by atoms with Crippen molar-refractivity contribution in [1.82, 2.24) is 14.9 Å². The Bertz CT molecular complexity index is 672. The Labute approximate surface area is 144 Å². The minimum absolute atomic E-state index is 0.581. The molecule has 24 heavy (non-hydrogen) atoms. The average molecular weight is 327 g/mol. The zero-order valence-electron chi connectivity index (χ0n) is 14.9. The number of anilines is 1. The molecule has 1 atom stereocenters. The minimum Gasteiger partial charge on any atom is -0.356 e. The van der Waals surface area contributed by atoms with Crippen molar-refractivity contribution in [3.05, 3.63) is 30.1 Å². The van der Waals surface area contributed by atoms with Gasteiger partial charge < -0.3 is 15.5 Å². The second-order valence-electron chi connectivity index (χ2n) is 6.61. The zero-order valence-corrected chi connectivity index (χ0v) is 14.9. The van der Waals surface area contributed by atoms with E-state index in [-0.39, 0.29) is 0 Å². The van der Waals surface area contributed by atoms with E-state index in [0.29, 0.717) is 6.54 Å². The van der Waals surface area contributed by atoms with E-state index in [1.807, 2.05) is 6.07 Å². The minimum atomic E-state index is 0.581. The van der Waals surface area contributed by atoms with Crippen LogP contribution in [-0.4, -0.2) is 54.1 Å². The number of rotatable bonds is 7. The van der Waals surface area contributed by atoms with Gasteiger partial charge in [-0.3, -0.25) is 0 Å². The van der Waals surface area contributed by atoms with Crippen molar-refractivity contribution in [3.63, 3.8) is 0 Å². The summed E-state index contributed by atoms with van der Waals surface area (Å²) in [6.07, 6.45) is 2.01. The lowest BCUT2D eigenvalue weighted by Gasteiger charge is -2.27. The Hall–Kier alpha value is -1.72. The first-order valence-corrected chi connectivity index (χ1v) is 9.18. The number of hydrogen-bond acceptors (Lipinski definition) is 5. The SMILES string of the molecule is CCN1CC[C@@H](CN(CC)c2nc(CCN)nc3ccccc23)C1. The lowest BCUT2D eigenvalue weighted by molar-refractivity contribution is 0.342. The van der Waals surface area contributed by atoms with Crippen LogP contribution in [0.2, 0.25) is 0 Å². The molecule has 2 aromatic rings. The van der Waals surface area contributed by atoms with Crippen molar-refractivity contribution >= 4 is 16.7 Å². The molecule has 1 fully saturated rings. The number of benzene rings is 1. The molecule has 1 aliphatic heterocycles. The molecule has 0 radical (unpaired) electrons. The molecule has 5 nitrogen and oxygen atoms in total. The van der Waals surface area contributed by atoms with Gasteiger partial charge in [-0.15, -0.1) is 0 Å². The summed E-state index contributed by atoms with van der Waals surface area (Å²) in [5.41, 5.74) is 6.75. The summed E-state index contributed by atoms with van der Waals surface area (Å²) >= 11 is 0. The molecule has 0 spiro atoms. The molecule has 2 heterocycles. The Morgan fingerprint density at radius 2 is 2.08 bits per heavy atom. The maximum absolute atomic E-state index is 5.73. The van der Waals surface area contributed by atoms with Crippen LogP contribution in [0.1, 0.15) is 26.1 Å². The van der Waals surface area contributed by atoms with Crippen LogP contribution in [0.3, 0.4) is 0 Å². The second kappa shape index (κ2) is 7.90. The van der Waals surface area contributed by atoms with E-state index in [1.54, 1.807) is 0 Å². The number of likely N-dealkylation sites (tertiary alicyclic amines) is 1. The topological polar surface area (TPSA) is 58.3 Å². The lowest BCUT2D eigenvalue weighted by Crippen LogP contribution is -2.32. The van der Waals surface area contributed by atoms with E-state index in [1.165, 1.54) is 19.5 Å². The van der Waals surface area contributed by atoms with Crippen molar-refractivity contribution in [2.75, 3.05) is 44.2 Å². The smallest absolute Gasteiger partial charge is 0.140 e.